The highest BCUT2D eigenvalue weighted by Gasteiger charge is 2.26. The Kier molecular flexibility index (Phi) is 6.10. The van der Waals surface area contributed by atoms with Crippen molar-refractivity contribution < 1.29 is 19.1 Å². The van der Waals surface area contributed by atoms with E-state index in [1.54, 1.807) is 17.8 Å². The van der Waals surface area contributed by atoms with Crippen molar-refractivity contribution in [1.82, 2.24) is 15.1 Å². The molecule has 0 amide bonds. The Hall–Kier alpha value is -2.46. The number of nitrogens with one attached hydrogen (secondary N) is 2. The van der Waals surface area contributed by atoms with Crippen molar-refractivity contribution in [2.24, 2.45) is 7.05 Å². The second-order valence-electron chi connectivity index (χ2n) is 5.00. The first kappa shape index (κ1) is 18.9. The van der Waals surface area contributed by atoms with Crippen LogP contribution in [0.1, 0.15) is 31.3 Å². The van der Waals surface area contributed by atoms with E-state index in [9.17, 15) is 9.59 Å². The predicted octanol–water partition coefficient (Wildman–Crippen LogP) is 1.85. The van der Waals surface area contributed by atoms with Gasteiger partial charge in [-0.2, -0.15) is 5.10 Å². The summed E-state index contributed by atoms with van der Waals surface area (Å²) in [6.45, 7) is 2.12. The van der Waals surface area contributed by atoms with Gasteiger partial charge in [0.2, 0.25) is 0 Å². The van der Waals surface area contributed by atoms with Crippen molar-refractivity contribution in [3.05, 3.63) is 34.0 Å². The number of rotatable bonds is 5. The molecular weight excluding hydrogens is 364 g/mol. The molecule has 0 saturated heterocycles. The average Bonchev–Trinajstić information content (AvgIpc) is 3.14. The Balaban J connectivity index is 2.19. The van der Waals surface area contributed by atoms with Crippen LogP contribution in [0.3, 0.4) is 0 Å². The molecule has 0 fully saturated rings. The Labute approximate surface area is 154 Å². The summed E-state index contributed by atoms with van der Waals surface area (Å²) in [4.78, 5) is 24.3. The van der Waals surface area contributed by atoms with E-state index in [-0.39, 0.29) is 5.56 Å². The molecule has 8 nitrogen and oxygen atoms in total. The zero-order valence-corrected chi connectivity index (χ0v) is 15.8. The third kappa shape index (κ3) is 4.15. The van der Waals surface area contributed by atoms with Gasteiger partial charge in [-0.15, -0.1) is 11.3 Å². The minimum atomic E-state index is -0.555. The van der Waals surface area contributed by atoms with E-state index in [4.69, 9.17) is 21.7 Å². The molecule has 0 aliphatic heterocycles. The number of hydrogen-bond donors (Lipinski definition) is 2. The van der Waals surface area contributed by atoms with Crippen LogP contribution in [0.25, 0.3) is 0 Å². The zero-order chi connectivity index (χ0) is 18.6. The number of aromatic nitrogens is 2. The Morgan fingerprint density at radius 2 is 2.00 bits per heavy atom. The van der Waals surface area contributed by atoms with Gasteiger partial charge in [0.05, 0.1) is 32.0 Å². The molecule has 2 N–H and O–H groups in total. The van der Waals surface area contributed by atoms with Crippen LogP contribution in [-0.4, -0.2) is 41.1 Å². The fourth-order valence-electron chi connectivity index (χ4n) is 2.13. The number of carbonyl (C=O) groups excluding carboxylic acids is 2. The molecule has 0 bridgehead atoms. The van der Waals surface area contributed by atoms with E-state index in [0.29, 0.717) is 27.1 Å². The van der Waals surface area contributed by atoms with Gasteiger partial charge in [-0.3, -0.25) is 4.68 Å². The smallest absolute Gasteiger partial charge is 0.348 e. The van der Waals surface area contributed by atoms with Gasteiger partial charge in [0.25, 0.3) is 0 Å². The fourth-order valence-corrected chi connectivity index (χ4v) is 3.49. The molecule has 2 heterocycles. The van der Waals surface area contributed by atoms with Crippen molar-refractivity contribution in [1.29, 1.82) is 0 Å². The van der Waals surface area contributed by atoms with E-state index >= 15 is 0 Å². The summed E-state index contributed by atoms with van der Waals surface area (Å²) in [5.41, 5.74) is 1.69. The lowest BCUT2D eigenvalue weighted by atomic mass is 10.1. The second kappa shape index (κ2) is 8.08. The van der Waals surface area contributed by atoms with Crippen LogP contribution in [0.15, 0.2) is 12.3 Å². The molecule has 0 aliphatic carbocycles. The number of hydrogen-bond acceptors (Lipinski definition) is 7. The average molecular weight is 382 g/mol. The third-order valence-corrected chi connectivity index (χ3v) is 4.92. The number of esters is 2. The summed E-state index contributed by atoms with van der Waals surface area (Å²) in [6, 6.07) is 1.86. The fraction of sp³-hybridized carbons (Fsp3) is 0.333. The van der Waals surface area contributed by atoms with Crippen LogP contribution in [0.2, 0.25) is 0 Å². The lowest BCUT2D eigenvalue weighted by Gasteiger charge is -2.10. The topological polar surface area (TPSA) is 94.5 Å². The maximum absolute atomic E-state index is 12.1. The van der Waals surface area contributed by atoms with Gasteiger partial charge in [-0.05, 0) is 30.8 Å². The minimum Gasteiger partial charge on any atom is -0.465 e. The van der Waals surface area contributed by atoms with Gasteiger partial charge >= 0.3 is 11.9 Å². The molecule has 0 radical (unpaired) electrons. The van der Waals surface area contributed by atoms with E-state index in [1.165, 1.54) is 14.2 Å². The van der Waals surface area contributed by atoms with Crippen LogP contribution in [0.4, 0.5) is 5.00 Å². The zero-order valence-electron chi connectivity index (χ0n) is 14.2. The number of nitrogens with zero attached hydrogens (tertiary/aromatic N) is 2. The van der Waals surface area contributed by atoms with Gasteiger partial charge in [-0.1, -0.05) is 0 Å². The molecule has 2 aromatic heterocycles. The molecular formula is C15H18N4O4S2. The molecule has 25 heavy (non-hydrogen) atoms. The monoisotopic (exact) mass is 382 g/mol. The van der Waals surface area contributed by atoms with E-state index in [1.807, 2.05) is 13.1 Å². The van der Waals surface area contributed by atoms with Crippen LogP contribution in [-0.2, 0) is 23.1 Å². The first-order valence-corrected chi connectivity index (χ1v) is 8.43. The van der Waals surface area contributed by atoms with Gasteiger partial charge < -0.3 is 20.1 Å². The molecule has 0 unspecified atom stereocenters. The van der Waals surface area contributed by atoms with E-state index < -0.39 is 11.9 Å². The van der Waals surface area contributed by atoms with Gasteiger partial charge in [-0.25, -0.2) is 9.59 Å². The summed E-state index contributed by atoms with van der Waals surface area (Å²) in [5, 5.41) is 10.8. The highest BCUT2D eigenvalue weighted by molar-refractivity contribution is 7.80. The van der Waals surface area contributed by atoms with Crippen LogP contribution >= 0.6 is 23.6 Å². The highest BCUT2D eigenvalue weighted by Crippen LogP contribution is 2.34. The van der Waals surface area contributed by atoms with Crippen molar-refractivity contribution in [2.75, 3.05) is 19.5 Å². The molecule has 10 heteroatoms. The van der Waals surface area contributed by atoms with Crippen molar-refractivity contribution in [3.8, 4) is 0 Å². The van der Waals surface area contributed by atoms with Crippen LogP contribution in [0, 0.1) is 6.92 Å². The number of aryl methyl sites for hydroxylation is 1. The van der Waals surface area contributed by atoms with E-state index in [2.05, 4.69) is 15.7 Å². The van der Waals surface area contributed by atoms with Crippen LogP contribution < -0.4 is 10.6 Å². The number of thiocarbonyl (C=S) groups is 1. The number of methoxy groups -OCH3 is 2. The maximum atomic E-state index is 12.1. The molecule has 2 rings (SSSR count). The number of ether oxygens (including phenoxy) is 2. The first-order chi connectivity index (χ1) is 11.9. The van der Waals surface area contributed by atoms with Gasteiger partial charge in [0.1, 0.15) is 9.88 Å². The summed E-state index contributed by atoms with van der Waals surface area (Å²) >= 11 is 6.35. The third-order valence-electron chi connectivity index (χ3n) is 3.49. The largest absolute Gasteiger partial charge is 0.465 e. The van der Waals surface area contributed by atoms with Gasteiger partial charge in [0, 0.05) is 13.2 Å². The standard InChI is InChI=1S/C15H18N4O4S2/c1-8-10(13(20)22-3)12(25-11(8)14(21)23-4)18-15(24)16-7-9-5-6-17-19(9)2/h5-6H,7H2,1-4H3,(H2,16,18,24). The number of anilines is 1. The normalized spacial score (nSPS) is 10.2. The Morgan fingerprint density at radius 1 is 1.32 bits per heavy atom. The number of carbonyl (C=O) groups is 2. The maximum Gasteiger partial charge on any atom is 0.348 e. The molecule has 2 aromatic rings. The molecule has 0 aliphatic rings. The Morgan fingerprint density at radius 3 is 2.56 bits per heavy atom. The summed E-state index contributed by atoms with van der Waals surface area (Å²) in [7, 11) is 4.39. The quantitative estimate of drug-likeness (QED) is 0.598. The molecule has 0 saturated carbocycles. The highest BCUT2D eigenvalue weighted by atomic mass is 32.1. The van der Waals surface area contributed by atoms with E-state index in [0.717, 1.165) is 17.0 Å². The SMILES string of the molecule is COC(=O)c1sc(NC(=S)NCc2ccnn2C)c(C(=O)OC)c1C. The summed E-state index contributed by atoms with van der Waals surface area (Å²) in [6.07, 6.45) is 1.69. The molecule has 0 aromatic carbocycles. The summed E-state index contributed by atoms with van der Waals surface area (Å²) in [5.74, 6) is -1.07. The van der Waals surface area contributed by atoms with Crippen molar-refractivity contribution >= 4 is 45.6 Å². The second-order valence-corrected chi connectivity index (χ2v) is 6.43. The minimum absolute atomic E-state index is 0.262. The lowest BCUT2D eigenvalue weighted by molar-refractivity contribution is 0.0601. The predicted molar refractivity (Wildman–Crippen MR) is 98.0 cm³/mol. The Bertz CT molecular complexity index is 813. The van der Waals surface area contributed by atoms with Crippen molar-refractivity contribution in [3.63, 3.8) is 0 Å². The van der Waals surface area contributed by atoms with Crippen LogP contribution in [0.5, 0.6) is 0 Å². The molecule has 0 atom stereocenters. The number of thiophene rings is 1. The van der Waals surface area contributed by atoms with Crippen molar-refractivity contribution in [2.45, 2.75) is 13.5 Å². The lowest BCUT2D eigenvalue weighted by Crippen LogP contribution is -2.29. The molecule has 0 spiro atoms. The first-order valence-electron chi connectivity index (χ1n) is 7.20. The van der Waals surface area contributed by atoms with Gasteiger partial charge in [0.15, 0.2) is 5.11 Å². The molecule has 134 valence electrons. The summed E-state index contributed by atoms with van der Waals surface area (Å²) < 4.78 is 11.3.